The Morgan fingerprint density at radius 1 is 1.05 bits per heavy atom. The maximum Gasteiger partial charge on any atom is 0.306 e. The molecule has 1 fully saturated rings. The van der Waals surface area contributed by atoms with Crippen LogP contribution in [-0.4, -0.2) is 12.1 Å². The van der Waals surface area contributed by atoms with Gasteiger partial charge in [0.1, 0.15) is 6.10 Å². The van der Waals surface area contributed by atoms with E-state index in [1.807, 2.05) is 18.2 Å². The molecule has 2 nitrogen and oxygen atoms in total. The maximum atomic E-state index is 11.1. The molecule has 1 aliphatic heterocycles. The SMILES string of the molecule is CCCCC/C=C\C/C=C\C/C=C\C=C\[C@H]1CCCC(=O)O1. The summed E-state index contributed by atoms with van der Waals surface area (Å²) in [6.45, 7) is 2.23. The van der Waals surface area contributed by atoms with E-state index in [-0.39, 0.29) is 12.1 Å². The number of carbonyl (C=O) groups is 1. The van der Waals surface area contributed by atoms with Gasteiger partial charge in [0.2, 0.25) is 0 Å². The molecule has 122 valence electrons. The molecule has 1 atom stereocenters. The Labute approximate surface area is 135 Å². The van der Waals surface area contributed by atoms with Gasteiger partial charge >= 0.3 is 5.97 Å². The second-order valence-corrected chi connectivity index (χ2v) is 5.64. The van der Waals surface area contributed by atoms with E-state index in [9.17, 15) is 4.79 Å². The molecule has 0 aliphatic carbocycles. The maximum absolute atomic E-state index is 11.1. The van der Waals surface area contributed by atoms with E-state index in [1.165, 1.54) is 25.7 Å². The Balaban J connectivity index is 2.03. The third kappa shape index (κ3) is 10.2. The van der Waals surface area contributed by atoms with Gasteiger partial charge in [0.15, 0.2) is 0 Å². The molecule has 0 N–H and O–H groups in total. The topological polar surface area (TPSA) is 26.3 Å². The zero-order chi connectivity index (χ0) is 15.9. The quantitative estimate of drug-likeness (QED) is 0.225. The highest BCUT2D eigenvalue weighted by atomic mass is 16.5. The summed E-state index contributed by atoms with van der Waals surface area (Å²) >= 11 is 0. The zero-order valence-electron chi connectivity index (χ0n) is 13.9. The van der Waals surface area contributed by atoms with E-state index in [2.05, 4.69) is 37.3 Å². The molecule has 0 aromatic carbocycles. The van der Waals surface area contributed by atoms with Crippen molar-refractivity contribution in [3.63, 3.8) is 0 Å². The van der Waals surface area contributed by atoms with Crippen LogP contribution in [0.25, 0.3) is 0 Å². The van der Waals surface area contributed by atoms with E-state index in [0.717, 1.165) is 25.7 Å². The summed E-state index contributed by atoms with van der Waals surface area (Å²) in [6.07, 6.45) is 26.5. The Morgan fingerprint density at radius 3 is 2.59 bits per heavy atom. The van der Waals surface area contributed by atoms with Gasteiger partial charge in [0.25, 0.3) is 0 Å². The molecule has 0 aromatic heterocycles. The normalized spacial score (nSPS) is 19.9. The van der Waals surface area contributed by atoms with Crippen molar-refractivity contribution in [1.82, 2.24) is 0 Å². The molecule has 22 heavy (non-hydrogen) atoms. The van der Waals surface area contributed by atoms with Crippen LogP contribution in [0.1, 0.15) is 64.7 Å². The standard InChI is InChI=1S/C20H30O2/c1-2-3-4-5-6-7-8-9-10-11-12-13-14-16-19-17-15-18-20(21)22-19/h6-7,9-10,12-14,16,19H,2-5,8,11,15,17-18H2,1H3/b7-6-,10-9-,13-12-,16-14+/t19-/m0/s1. The average molecular weight is 302 g/mol. The van der Waals surface area contributed by atoms with Crippen molar-refractivity contribution in [2.24, 2.45) is 0 Å². The molecule has 0 unspecified atom stereocenters. The number of cyclic esters (lactones) is 1. The summed E-state index contributed by atoms with van der Waals surface area (Å²) in [5, 5.41) is 0. The fourth-order valence-electron chi connectivity index (χ4n) is 2.29. The summed E-state index contributed by atoms with van der Waals surface area (Å²) < 4.78 is 5.21. The number of carbonyl (C=O) groups excluding carboxylic acids is 1. The molecule has 1 heterocycles. The van der Waals surface area contributed by atoms with Crippen LogP contribution in [-0.2, 0) is 9.53 Å². The first kappa shape index (κ1) is 18.5. The van der Waals surface area contributed by atoms with Gasteiger partial charge in [-0.3, -0.25) is 4.79 Å². The second kappa shape index (κ2) is 13.1. The van der Waals surface area contributed by atoms with Gasteiger partial charge in [-0.1, -0.05) is 62.3 Å². The largest absolute Gasteiger partial charge is 0.458 e. The van der Waals surface area contributed by atoms with Crippen LogP contribution in [0.4, 0.5) is 0 Å². The van der Waals surface area contributed by atoms with Crippen LogP contribution in [0.3, 0.4) is 0 Å². The summed E-state index contributed by atoms with van der Waals surface area (Å²) in [7, 11) is 0. The Kier molecular flexibility index (Phi) is 11.0. The predicted octanol–water partition coefficient (Wildman–Crippen LogP) is 5.67. The number of rotatable bonds is 10. The summed E-state index contributed by atoms with van der Waals surface area (Å²) in [4.78, 5) is 11.1. The lowest BCUT2D eigenvalue weighted by atomic mass is 10.1. The monoisotopic (exact) mass is 302 g/mol. The minimum Gasteiger partial charge on any atom is -0.458 e. The average Bonchev–Trinajstić information content (AvgIpc) is 2.52. The van der Waals surface area contributed by atoms with Gasteiger partial charge in [0, 0.05) is 6.42 Å². The molecule has 0 bridgehead atoms. The van der Waals surface area contributed by atoms with E-state index in [0.29, 0.717) is 6.42 Å². The van der Waals surface area contributed by atoms with Crippen molar-refractivity contribution >= 4 is 5.97 Å². The number of esters is 1. The van der Waals surface area contributed by atoms with Crippen LogP contribution in [0, 0.1) is 0 Å². The Hall–Kier alpha value is -1.57. The second-order valence-electron chi connectivity index (χ2n) is 5.64. The highest BCUT2D eigenvalue weighted by Crippen LogP contribution is 2.14. The predicted molar refractivity (Wildman–Crippen MR) is 93.7 cm³/mol. The first-order valence-corrected chi connectivity index (χ1v) is 8.65. The van der Waals surface area contributed by atoms with Gasteiger partial charge in [-0.25, -0.2) is 0 Å². The van der Waals surface area contributed by atoms with E-state index in [4.69, 9.17) is 4.74 Å². The van der Waals surface area contributed by atoms with Crippen LogP contribution in [0.15, 0.2) is 48.6 Å². The van der Waals surface area contributed by atoms with Crippen molar-refractivity contribution < 1.29 is 9.53 Å². The highest BCUT2D eigenvalue weighted by molar-refractivity contribution is 5.70. The molecule has 1 saturated heterocycles. The van der Waals surface area contributed by atoms with Crippen molar-refractivity contribution in [1.29, 1.82) is 0 Å². The summed E-state index contributed by atoms with van der Waals surface area (Å²) in [6, 6.07) is 0. The lowest BCUT2D eigenvalue weighted by Gasteiger charge is -2.18. The lowest BCUT2D eigenvalue weighted by molar-refractivity contribution is -0.150. The van der Waals surface area contributed by atoms with Crippen molar-refractivity contribution in [2.75, 3.05) is 0 Å². The molecule has 0 spiro atoms. The van der Waals surface area contributed by atoms with Crippen molar-refractivity contribution in [3.8, 4) is 0 Å². The third-order valence-corrected chi connectivity index (χ3v) is 3.58. The zero-order valence-corrected chi connectivity index (χ0v) is 13.9. The molecule has 0 radical (unpaired) electrons. The van der Waals surface area contributed by atoms with Crippen LogP contribution in [0.5, 0.6) is 0 Å². The minimum atomic E-state index is -0.0736. The van der Waals surface area contributed by atoms with Gasteiger partial charge in [0.05, 0.1) is 0 Å². The highest BCUT2D eigenvalue weighted by Gasteiger charge is 2.16. The Morgan fingerprint density at radius 2 is 1.82 bits per heavy atom. The third-order valence-electron chi connectivity index (χ3n) is 3.58. The summed E-state index contributed by atoms with van der Waals surface area (Å²) in [5.74, 6) is -0.0736. The van der Waals surface area contributed by atoms with Crippen LogP contribution < -0.4 is 0 Å². The molecule has 0 amide bonds. The molecular weight excluding hydrogens is 272 g/mol. The van der Waals surface area contributed by atoms with Gasteiger partial charge in [-0.05, 0) is 44.6 Å². The van der Waals surface area contributed by atoms with Crippen LogP contribution in [0.2, 0.25) is 0 Å². The molecule has 1 rings (SSSR count). The van der Waals surface area contributed by atoms with Crippen molar-refractivity contribution in [3.05, 3.63) is 48.6 Å². The number of ether oxygens (including phenoxy) is 1. The summed E-state index contributed by atoms with van der Waals surface area (Å²) in [5.41, 5.74) is 0. The first-order valence-electron chi connectivity index (χ1n) is 8.65. The Bertz CT molecular complexity index is 402. The van der Waals surface area contributed by atoms with Crippen LogP contribution >= 0.6 is 0 Å². The van der Waals surface area contributed by atoms with Gasteiger partial charge < -0.3 is 4.74 Å². The molecule has 0 saturated carbocycles. The molecule has 0 aromatic rings. The first-order chi connectivity index (χ1) is 10.8. The van der Waals surface area contributed by atoms with E-state index < -0.39 is 0 Å². The van der Waals surface area contributed by atoms with E-state index >= 15 is 0 Å². The van der Waals surface area contributed by atoms with Gasteiger partial charge in [-0.15, -0.1) is 0 Å². The molecule has 1 aliphatic rings. The fraction of sp³-hybridized carbons (Fsp3) is 0.550. The fourth-order valence-corrected chi connectivity index (χ4v) is 2.29. The van der Waals surface area contributed by atoms with Crippen molar-refractivity contribution in [2.45, 2.75) is 70.8 Å². The number of hydrogen-bond donors (Lipinski definition) is 0. The van der Waals surface area contributed by atoms with Gasteiger partial charge in [-0.2, -0.15) is 0 Å². The minimum absolute atomic E-state index is 0.0284. The number of hydrogen-bond acceptors (Lipinski definition) is 2. The number of unbranched alkanes of at least 4 members (excludes halogenated alkanes) is 3. The molecule has 2 heteroatoms. The lowest BCUT2D eigenvalue weighted by Crippen LogP contribution is -2.21. The number of allylic oxidation sites excluding steroid dienone is 7. The van der Waals surface area contributed by atoms with E-state index in [1.54, 1.807) is 0 Å². The molecular formula is C20H30O2. The smallest absolute Gasteiger partial charge is 0.306 e.